The second-order valence-corrected chi connectivity index (χ2v) is 7.55. The zero-order valence-electron chi connectivity index (χ0n) is 13.5. The van der Waals surface area contributed by atoms with Crippen molar-refractivity contribution in [3.8, 4) is 11.3 Å². The van der Waals surface area contributed by atoms with Gasteiger partial charge >= 0.3 is 0 Å². The molecule has 0 aliphatic heterocycles. The maximum absolute atomic E-state index is 13.1. The van der Waals surface area contributed by atoms with Gasteiger partial charge in [0, 0.05) is 10.4 Å². The highest BCUT2D eigenvalue weighted by molar-refractivity contribution is 7.16. The molecule has 0 fully saturated rings. The number of hydrogen-bond acceptors (Lipinski definition) is 5. The van der Waals surface area contributed by atoms with Crippen LogP contribution in [0.4, 0.5) is 9.52 Å². The largest absolute Gasteiger partial charge is 0.297 e. The fraction of sp³-hybridized carbons (Fsp3) is 0.235. The molecule has 1 N–H and O–H groups in total. The summed E-state index contributed by atoms with van der Waals surface area (Å²) in [5.74, 6) is -0.475. The van der Waals surface area contributed by atoms with Crippen molar-refractivity contribution in [2.45, 2.75) is 27.2 Å². The molecule has 124 valence electrons. The zero-order valence-corrected chi connectivity index (χ0v) is 15.1. The minimum atomic E-state index is -0.285. The van der Waals surface area contributed by atoms with Crippen LogP contribution in [0.3, 0.4) is 0 Å². The quantitative estimate of drug-likeness (QED) is 0.723. The van der Waals surface area contributed by atoms with Crippen LogP contribution in [0.25, 0.3) is 11.3 Å². The molecule has 0 saturated carbocycles. The normalized spacial score (nSPS) is 10.8. The van der Waals surface area contributed by atoms with Crippen LogP contribution >= 0.6 is 22.7 Å². The van der Waals surface area contributed by atoms with Gasteiger partial charge in [0.25, 0.3) is 5.91 Å². The summed E-state index contributed by atoms with van der Waals surface area (Å²) in [5.41, 5.74) is 2.32. The lowest BCUT2D eigenvalue weighted by Gasteiger charge is -1.99. The fourth-order valence-corrected chi connectivity index (χ4v) is 4.02. The van der Waals surface area contributed by atoms with Crippen molar-refractivity contribution >= 4 is 33.7 Å². The molecule has 24 heavy (non-hydrogen) atoms. The molecule has 2 aromatic heterocycles. The van der Waals surface area contributed by atoms with E-state index in [1.807, 2.05) is 20.8 Å². The molecule has 7 heteroatoms. The van der Waals surface area contributed by atoms with E-state index in [0.29, 0.717) is 10.0 Å². The molecule has 3 aromatic rings. The molecule has 4 nitrogen and oxygen atoms in total. The topological polar surface area (TPSA) is 54.9 Å². The number of carbonyl (C=O) groups excluding carboxylic acids is 1. The van der Waals surface area contributed by atoms with Crippen molar-refractivity contribution in [1.82, 2.24) is 9.97 Å². The number of rotatable bonds is 4. The van der Waals surface area contributed by atoms with Crippen LogP contribution in [-0.2, 0) is 6.42 Å². The fourth-order valence-electron chi connectivity index (χ4n) is 2.29. The van der Waals surface area contributed by atoms with Crippen LogP contribution in [0.15, 0.2) is 24.3 Å². The Morgan fingerprint density at radius 1 is 1.17 bits per heavy atom. The Bertz CT molecular complexity index is 884. The molecule has 0 aliphatic carbocycles. The molecule has 0 unspecified atom stereocenters. The summed E-state index contributed by atoms with van der Waals surface area (Å²) in [6.45, 7) is 5.78. The van der Waals surface area contributed by atoms with Gasteiger partial charge in [-0.05, 0) is 44.5 Å². The van der Waals surface area contributed by atoms with Gasteiger partial charge in [-0.25, -0.2) is 14.4 Å². The Hall–Kier alpha value is -2.12. The van der Waals surface area contributed by atoms with Gasteiger partial charge in [0.2, 0.25) is 0 Å². The lowest BCUT2D eigenvalue weighted by molar-refractivity contribution is 0.103. The van der Waals surface area contributed by atoms with Crippen LogP contribution in [-0.4, -0.2) is 15.9 Å². The van der Waals surface area contributed by atoms with E-state index in [1.165, 1.54) is 34.8 Å². The molecule has 0 atom stereocenters. The molecular weight excluding hydrogens is 345 g/mol. The van der Waals surface area contributed by atoms with E-state index in [-0.39, 0.29) is 11.7 Å². The van der Waals surface area contributed by atoms with E-state index < -0.39 is 0 Å². The molecule has 0 bridgehead atoms. The molecule has 3 rings (SSSR count). The van der Waals surface area contributed by atoms with E-state index in [1.54, 1.807) is 12.1 Å². The third-order valence-electron chi connectivity index (χ3n) is 3.48. The Morgan fingerprint density at radius 3 is 2.50 bits per heavy atom. The highest BCUT2D eigenvalue weighted by Gasteiger charge is 2.17. The van der Waals surface area contributed by atoms with Gasteiger partial charge in [0.15, 0.2) is 5.13 Å². The molecule has 0 saturated heterocycles. The van der Waals surface area contributed by atoms with Crippen LogP contribution in [0.5, 0.6) is 0 Å². The highest BCUT2D eigenvalue weighted by atomic mass is 32.1. The Morgan fingerprint density at radius 2 is 1.88 bits per heavy atom. The third-order valence-corrected chi connectivity index (χ3v) is 5.67. The lowest BCUT2D eigenvalue weighted by atomic mass is 10.1. The molecule has 0 spiro atoms. The Kier molecular flexibility index (Phi) is 4.73. The van der Waals surface area contributed by atoms with Crippen molar-refractivity contribution in [2.24, 2.45) is 0 Å². The number of aromatic nitrogens is 2. The standard InChI is InChI=1S/C17H16FN3OS2/c1-4-13-19-9(2)15(24-13)16(22)21-17-20-14(10(3)23-17)11-5-7-12(18)8-6-11/h5-8H,4H2,1-3H3,(H,20,21,22). The summed E-state index contributed by atoms with van der Waals surface area (Å²) in [4.78, 5) is 22.9. The van der Waals surface area contributed by atoms with E-state index >= 15 is 0 Å². The minimum absolute atomic E-state index is 0.191. The first-order valence-corrected chi connectivity index (χ1v) is 9.12. The second-order valence-electron chi connectivity index (χ2n) is 5.26. The van der Waals surface area contributed by atoms with Gasteiger partial charge in [-0.1, -0.05) is 6.92 Å². The monoisotopic (exact) mass is 361 g/mol. The summed E-state index contributed by atoms with van der Waals surface area (Å²) in [6.07, 6.45) is 0.809. The number of anilines is 1. The number of amides is 1. The van der Waals surface area contributed by atoms with Crippen LogP contribution in [0.1, 0.15) is 32.2 Å². The highest BCUT2D eigenvalue weighted by Crippen LogP contribution is 2.31. The number of nitrogens with zero attached hydrogens (tertiary/aromatic N) is 2. The SMILES string of the molecule is CCc1nc(C)c(C(=O)Nc2nc(-c3ccc(F)cc3)c(C)s2)s1. The second kappa shape index (κ2) is 6.78. The maximum atomic E-state index is 13.1. The number of aryl methyl sites for hydroxylation is 3. The molecule has 2 heterocycles. The molecule has 0 radical (unpaired) electrons. The maximum Gasteiger partial charge on any atom is 0.269 e. The first-order chi connectivity index (χ1) is 11.5. The predicted molar refractivity (Wildman–Crippen MR) is 96.4 cm³/mol. The van der Waals surface area contributed by atoms with Crippen LogP contribution in [0.2, 0.25) is 0 Å². The number of halogens is 1. The average molecular weight is 361 g/mol. The first kappa shape index (κ1) is 16.7. The van der Waals surface area contributed by atoms with Gasteiger partial charge in [0.05, 0.1) is 16.4 Å². The van der Waals surface area contributed by atoms with Crippen molar-refractivity contribution in [1.29, 1.82) is 0 Å². The van der Waals surface area contributed by atoms with Gasteiger partial charge < -0.3 is 0 Å². The van der Waals surface area contributed by atoms with E-state index in [4.69, 9.17) is 0 Å². The van der Waals surface area contributed by atoms with E-state index in [2.05, 4.69) is 15.3 Å². The van der Waals surface area contributed by atoms with Gasteiger partial charge in [0.1, 0.15) is 10.7 Å². The van der Waals surface area contributed by atoms with Gasteiger partial charge in [-0.15, -0.1) is 22.7 Å². The smallest absolute Gasteiger partial charge is 0.269 e. The van der Waals surface area contributed by atoms with E-state index in [9.17, 15) is 9.18 Å². The molecule has 1 amide bonds. The van der Waals surface area contributed by atoms with E-state index in [0.717, 1.165) is 33.3 Å². The number of hydrogen-bond donors (Lipinski definition) is 1. The summed E-state index contributed by atoms with van der Waals surface area (Å²) < 4.78 is 13.1. The number of thiazole rings is 2. The van der Waals surface area contributed by atoms with Crippen LogP contribution < -0.4 is 5.32 Å². The van der Waals surface area contributed by atoms with Crippen molar-refractivity contribution in [3.05, 3.63) is 50.5 Å². The predicted octanol–water partition coefficient (Wildman–Crippen LogP) is 4.84. The van der Waals surface area contributed by atoms with Crippen molar-refractivity contribution in [2.75, 3.05) is 5.32 Å². The average Bonchev–Trinajstić information content (AvgIpc) is 3.11. The Balaban J connectivity index is 1.83. The summed E-state index contributed by atoms with van der Waals surface area (Å²) >= 11 is 2.81. The number of nitrogens with one attached hydrogen (secondary N) is 1. The number of benzene rings is 1. The molecule has 0 aliphatic rings. The van der Waals surface area contributed by atoms with Crippen LogP contribution in [0, 0.1) is 19.7 Å². The van der Waals surface area contributed by atoms with Crippen molar-refractivity contribution in [3.63, 3.8) is 0 Å². The Labute approximate surface area is 147 Å². The van der Waals surface area contributed by atoms with Crippen molar-refractivity contribution < 1.29 is 9.18 Å². The third kappa shape index (κ3) is 3.37. The van der Waals surface area contributed by atoms with Gasteiger partial charge in [-0.2, -0.15) is 0 Å². The summed E-state index contributed by atoms with van der Waals surface area (Å²) in [6, 6.07) is 6.17. The minimum Gasteiger partial charge on any atom is -0.297 e. The lowest BCUT2D eigenvalue weighted by Crippen LogP contribution is -2.11. The summed E-state index contributed by atoms with van der Waals surface area (Å²) in [5, 5.41) is 4.32. The summed E-state index contributed by atoms with van der Waals surface area (Å²) in [7, 11) is 0. The molecule has 1 aromatic carbocycles. The number of carbonyl (C=O) groups is 1. The zero-order chi connectivity index (χ0) is 17.3. The van der Waals surface area contributed by atoms with Gasteiger partial charge in [-0.3, -0.25) is 10.1 Å². The molecular formula is C17H16FN3OS2. The first-order valence-electron chi connectivity index (χ1n) is 7.49.